The van der Waals surface area contributed by atoms with Crippen molar-refractivity contribution in [2.75, 3.05) is 6.54 Å². The molecule has 1 aliphatic rings. The molecule has 9 heteroatoms. The molecule has 2 atom stereocenters. The number of amides is 1. The topological polar surface area (TPSA) is 75.3 Å². The fraction of sp³-hybridized carbons (Fsp3) is 0.562. The Hall–Kier alpha value is -1.61. The number of rotatable bonds is 5. The highest BCUT2D eigenvalue weighted by molar-refractivity contribution is 7.89. The Kier molecular flexibility index (Phi) is 6.10. The van der Waals surface area contributed by atoms with Gasteiger partial charge in [0.15, 0.2) is 0 Å². The highest BCUT2D eigenvalue weighted by Crippen LogP contribution is 2.25. The fourth-order valence-corrected chi connectivity index (χ4v) is 4.21. The summed E-state index contributed by atoms with van der Waals surface area (Å²) in [5.74, 6) is -0.661. The predicted molar refractivity (Wildman–Crippen MR) is 86.6 cm³/mol. The van der Waals surface area contributed by atoms with Crippen molar-refractivity contribution in [1.29, 1.82) is 0 Å². The lowest BCUT2D eigenvalue weighted by Crippen LogP contribution is -2.41. The maximum Gasteiger partial charge on any atom is 0.405 e. The van der Waals surface area contributed by atoms with Crippen LogP contribution in [0.15, 0.2) is 29.2 Å². The van der Waals surface area contributed by atoms with Crippen LogP contribution in [0.25, 0.3) is 0 Å². The maximum atomic E-state index is 12.4. The Bertz CT molecular complexity index is 702. The first kappa shape index (κ1) is 19.7. The second kappa shape index (κ2) is 7.74. The average Bonchev–Trinajstić information content (AvgIpc) is 2.54. The zero-order valence-electron chi connectivity index (χ0n) is 13.8. The normalized spacial score (nSPS) is 21.8. The quantitative estimate of drug-likeness (QED) is 0.827. The van der Waals surface area contributed by atoms with Crippen molar-refractivity contribution in [1.82, 2.24) is 10.0 Å². The Morgan fingerprint density at radius 2 is 1.76 bits per heavy atom. The van der Waals surface area contributed by atoms with E-state index in [0.29, 0.717) is 0 Å². The van der Waals surface area contributed by atoms with Crippen LogP contribution in [0.2, 0.25) is 0 Å². The van der Waals surface area contributed by atoms with Crippen molar-refractivity contribution >= 4 is 15.9 Å². The van der Waals surface area contributed by atoms with Gasteiger partial charge in [-0.25, -0.2) is 13.1 Å². The van der Waals surface area contributed by atoms with Crippen molar-refractivity contribution in [2.24, 2.45) is 5.92 Å². The van der Waals surface area contributed by atoms with Crippen molar-refractivity contribution in [3.05, 3.63) is 29.8 Å². The third kappa shape index (κ3) is 5.71. The van der Waals surface area contributed by atoms with Gasteiger partial charge in [0, 0.05) is 11.6 Å². The lowest BCUT2D eigenvalue weighted by Gasteiger charge is -2.29. The number of alkyl halides is 3. The fourth-order valence-electron chi connectivity index (χ4n) is 2.83. The highest BCUT2D eigenvalue weighted by Gasteiger charge is 2.29. The summed E-state index contributed by atoms with van der Waals surface area (Å²) in [6.07, 6.45) is -0.708. The second-order valence-corrected chi connectivity index (χ2v) is 8.03. The van der Waals surface area contributed by atoms with Crippen LogP contribution < -0.4 is 10.0 Å². The molecule has 1 aromatic carbocycles. The van der Waals surface area contributed by atoms with Crippen LogP contribution in [0.1, 0.15) is 43.0 Å². The molecule has 140 valence electrons. The number of hydrogen-bond donors (Lipinski definition) is 2. The lowest BCUT2D eigenvalue weighted by atomic mass is 9.87. The number of hydrogen-bond acceptors (Lipinski definition) is 3. The maximum absolute atomic E-state index is 12.4. The largest absolute Gasteiger partial charge is 0.405 e. The van der Waals surface area contributed by atoms with Gasteiger partial charge in [-0.15, -0.1) is 0 Å². The summed E-state index contributed by atoms with van der Waals surface area (Å²) in [4.78, 5) is 11.6. The predicted octanol–water partition coefficient (Wildman–Crippen LogP) is 2.84. The van der Waals surface area contributed by atoms with Crippen molar-refractivity contribution in [3.63, 3.8) is 0 Å². The molecular weight excluding hydrogens is 357 g/mol. The number of sulfonamides is 1. The van der Waals surface area contributed by atoms with Gasteiger partial charge in [-0.05, 0) is 43.0 Å². The first-order valence-corrected chi connectivity index (χ1v) is 9.54. The van der Waals surface area contributed by atoms with Crippen molar-refractivity contribution in [2.45, 2.75) is 49.7 Å². The van der Waals surface area contributed by atoms with E-state index in [1.807, 2.05) is 6.92 Å². The molecule has 1 aromatic rings. The molecule has 2 rings (SSSR count). The van der Waals surface area contributed by atoms with E-state index in [0.717, 1.165) is 25.7 Å². The molecule has 1 saturated carbocycles. The molecule has 0 spiro atoms. The molecular formula is C16H21F3N2O3S. The van der Waals surface area contributed by atoms with Gasteiger partial charge in [-0.1, -0.05) is 19.8 Å². The van der Waals surface area contributed by atoms with E-state index in [4.69, 9.17) is 0 Å². The molecule has 0 heterocycles. The van der Waals surface area contributed by atoms with Gasteiger partial charge in [-0.2, -0.15) is 13.2 Å². The molecule has 5 nitrogen and oxygen atoms in total. The first-order chi connectivity index (χ1) is 11.6. The number of benzene rings is 1. The summed E-state index contributed by atoms with van der Waals surface area (Å²) in [5, 5.41) is 1.74. The zero-order chi connectivity index (χ0) is 18.7. The Morgan fingerprint density at radius 3 is 2.32 bits per heavy atom. The summed E-state index contributed by atoms with van der Waals surface area (Å²) >= 11 is 0. The third-order valence-electron chi connectivity index (χ3n) is 4.29. The minimum Gasteiger partial charge on any atom is -0.343 e. The number of carbonyl (C=O) groups is 1. The van der Waals surface area contributed by atoms with Crippen molar-refractivity contribution in [3.8, 4) is 0 Å². The van der Waals surface area contributed by atoms with Crippen molar-refractivity contribution < 1.29 is 26.4 Å². The van der Waals surface area contributed by atoms with E-state index in [1.54, 1.807) is 5.32 Å². The monoisotopic (exact) mass is 378 g/mol. The standard InChI is InChI=1S/C16H21F3N2O3S/c1-11-4-2-3-5-14(11)21-25(23,24)13-8-6-12(7-9-13)15(22)20-10-16(17,18)19/h6-9,11,14,21H,2-5,10H2,1H3,(H,20,22)/t11-,14+/m0/s1. The molecule has 1 aliphatic carbocycles. The number of carbonyl (C=O) groups excluding carboxylic acids is 1. The first-order valence-electron chi connectivity index (χ1n) is 8.06. The van der Waals surface area contributed by atoms with Gasteiger partial charge in [-0.3, -0.25) is 4.79 Å². The molecule has 1 fully saturated rings. The van der Waals surface area contributed by atoms with E-state index in [2.05, 4.69) is 4.72 Å². The third-order valence-corrected chi connectivity index (χ3v) is 5.80. The molecule has 0 aromatic heterocycles. The van der Waals surface area contributed by atoms with Gasteiger partial charge in [0.25, 0.3) is 5.91 Å². The van der Waals surface area contributed by atoms with E-state index in [9.17, 15) is 26.4 Å². The van der Waals surface area contributed by atoms with E-state index < -0.39 is 28.7 Å². The van der Waals surface area contributed by atoms with E-state index in [-0.39, 0.29) is 22.4 Å². The van der Waals surface area contributed by atoms with E-state index >= 15 is 0 Å². The van der Waals surface area contributed by atoms with Crippen LogP contribution in [0, 0.1) is 5.92 Å². The SMILES string of the molecule is C[C@H]1CCCC[C@H]1NS(=O)(=O)c1ccc(C(=O)NCC(F)(F)F)cc1. The minimum absolute atomic E-state index is 0.0161. The molecule has 25 heavy (non-hydrogen) atoms. The van der Waals surface area contributed by atoms with Gasteiger partial charge >= 0.3 is 6.18 Å². The van der Waals surface area contributed by atoms with Gasteiger partial charge < -0.3 is 5.32 Å². The smallest absolute Gasteiger partial charge is 0.343 e. The van der Waals surface area contributed by atoms with Gasteiger partial charge in [0.05, 0.1) is 4.90 Å². The van der Waals surface area contributed by atoms with Crippen LogP contribution in [0.5, 0.6) is 0 Å². The summed E-state index contributed by atoms with van der Waals surface area (Å²) < 4.78 is 63.8. The summed E-state index contributed by atoms with van der Waals surface area (Å²) in [5.41, 5.74) is -0.0331. The Labute approximate surface area is 145 Å². The van der Waals surface area contributed by atoms with Crippen LogP contribution in [-0.4, -0.2) is 33.1 Å². The van der Waals surface area contributed by atoms with Gasteiger partial charge in [0.1, 0.15) is 6.54 Å². The molecule has 0 aliphatic heterocycles. The molecule has 0 unspecified atom stereocenters. The summed E-state index contributed by atoms with van der Waals surface area (Å²) in [6, 6.07) is 4.71. The number of nitrogens with one attached hydrogen (secondary N) is 2. The minimum atomic E-state index is -4.50. The number of halogens is 3. The molecule has 2 N–H and O–H groups in total. The van der Waals surface area contributed by atoms with Gasteiger partial charge in [0.2, 0.25) is 10.0 Å². The Morgan fingerprint density at radius 1 is 1.16 bits per heavy atom. The summed E-state index contributed by atoms with van der Waals surface area (Å²) in [6.45, 7) is 0.563. The second-order valence-electron chi connectivity index (χ2n) is 6.31. The molecule has 0 radical (unpaired) electrons. The molecule has 0 bridgehead atoms. The molecule has 1 amide bonds. The van der Waals surface area contributed by atoms with Crippen LogP contribution in [0.4, 0.5) is 13.2 Å². The van der Waals surface area contributed by atoms with E-state index in [1.165, 1.54) is 24.3 Å². The van der Waals surface area contributed by atoms with Crippen LogP contribution in [0.3, 0.4) is 0 Å². The molecule has 0 saturated heterocycles. The lowest BCUT2D eigenvalue weighted by molar-refractivity contribution is -0.123. The highest BCUT2D eigenvalue weighted by atomic mass is 32.2. The Balaban J connectivity index is 2.04. The average molecular weight is 378 g/mol. The zero-order valence-corrected chi connectivity index (χ0v) is 14.6. The van der Waals surface area contributed by atoms with Crippen LogP contribution >= 0.6 is 0 Å². The van der Waals surface area contributed by atoms with Crippen LogP contribution in [-0.2, 0) is 10.0 Å². The summed E-state index contributed by atoms with van der Waals surface area (Å²) in [7, 11) is -3.73.